The van der Waals surface area contributed by atoms with Gasteiger partial charge in [0, 0.05) is 22.4 Å². The summed E-state index contributed by atoms with van der Waals surface area (Å²) in [6.07, 6.45) is 0. The second-order valence-corrected chi connectivity index (χ2v) is 3.47. The molecule has 0 aromatic heterocycles. The molecule has 0 rings (SSSR count). The molecule has 1 radical (unpaired) electrons. The van der Waals surface area contributed by atoms with Crippen LogP contribution in [0.3, 0.4) is 0 Å². The van der Waals surface area contributed by atoms with Gasteiger partial charge in [-0.05, 0) is 0 Å². The van der Waals surface area contributed by atoms with Crippen LogP contribution in [0.15, 0.2) is 0 Å². The van der Waals surface area contributed by atoms with Gasteiger partial charge in [-0.3, -0.25) is 0 Å². The molecule has 0 saturated carbocycles. The van der Waals surface area contributed by atoms with E-state index >= 15 is 0 Å². The maximum absolute atomic E-state index is 9.40. The number of rotatable bonds is 2. The molecular formula is HAgNO6S2-2. The second kappa shape index (κ2) is 3.78. The average molecular weight is 283 g/mol. The molecule has 0 heterocycles. The van der Waals surface area contributed by atoms with Gasteiger partial charge < -0.3 is 9.11 Å². The van der Waals surface area contributed by atoms with E-state index in [1.807, 2.05) is 0 Å². The largest absolute Gasteiger partial charge is 0.735 e. The molecule has 0 saturated heterocycles. The summed E-state index contributed by atoms with van der Waals surface area (Å²) in [5, 5.41) is 0. The SMILES string of the molecule is O=S(=O)([O-])NS(=O)(=O)[O-].[Ag]. The van der Waals surface area contributed by atoms with Gasteiger partial charge in [0.25, 0.3) is 0 Å². The topological polar surface area (TPSA) is 126 Å². The molecule has 0 fully saturated rings. The van der Waals surface area contributed by atoms with Gasteiger partial charge in [0.15, 0.2) is 20.6 Å². The van der Waals surface area contributed by atoms with Crippen molar-refractivity contribution in [3.05, 3.63) is 0 Å². The number of hydrogen-bond acceptors (Lipinski definition) is 6. The number of nitrogens with one attached hydrogen (secondary N) is 1. The molecule has 0 bridgehead atoms. The molecule has 7 nitrogen and oxygen atoms in total. The predicted molar refractivity (Wildman–Crippen MR) is 22.5 cm³/mol. The van der Waals surface area contributed by atoms with Crippen molar-refractivity contribution in [3.8, 4) is 0 Å². The van der Waals surface area contributed by atoms with E-state index in [0.29, 0.717) is 4.13 Å². The first-order valence-electron chi connectivity index (χ1n) is 1.41. The Morgan fingerprint density at radius 1 is 0.900 bits per heavy atom. The normalized spacial score (nSPS) is 12.2. The van der Waals surface area contributed by atoms with E-state index in [-0.39, 0.29) is 22.4 Å². The first kappa shape index (κ1) is 13.1. The van der Waals surface area contributed by atoms with Gasteiger partial charge in [0.1, 0.15) is 0 Å². The van der Waals surface area contributed by atoms with Crippen molar-refractivity contribution in [2.75, 3.05) is 0 Å². The maximum Gasteiger partial charge on any atom is 0.171 e. The maximum atomic E-state index is 9.40. The van der Waals surface area contributed by atoms with Gasteiger partial charge in [0.05, 0.1) is 0 Å². The molecule has 0 aromatic rings. The van der Waals surface area contributed by atoms with Gasteiger partial charge >= 0.3 is 0 Å². The van der Waals surface area contributed by atoms with E-state index in [2.05, 4.69) is 0 Å². The van der Waals surface area contributed by atoms with E-state index < -0.39 is 20.6 Å². The van der Waals surface area contributed by atoms with Crippen LogP contribution in [0, 0.1) is 0 Å². The van der Waals surface area contributed by atoms with Gasteiger partial charge in [-0.1, -0.05) is 0 Å². The Balaban J connectivity index is 0. The zero-order valence-electron chi connectivity index (χ0n) is 4.07. The van der Waals surface area contributed by atoms with E-state index in [0.717, 1.165) is 0 Å². The van der Waals surface area contributed by atoms with E-state index in [1.165, 1.54) is 0 Å². The molecule has 0 aliphatic rings. The third kappa shape index (κ3) is 11.3. The third-order valence-electron chi connectivity index (χ3n) is 0.204. The van der Waals surface area contributed by atoms with Crippen LogP contribution in [0.2, 0.25) is 0 Å². The summed E-state index contributed by atoms with van der Waals surface area (Å²) in [7, 11) is -10.4. The Bertz CT molecular complexity index is 241. The van der Waals surface area contributed by atoms with Crippen molar-refractivity contribution in [1.82, 2.24) is 4.13 Å². The molecule has 0 spiro atoms. The van der Waals surface area contributed by atoms with Crippen LogP contribution < -0.4 is 4.13 Å². The third-order valence-corrected chi connectivity index (χ3v) is 1.84. The average Bonchev–Trinajstić information content (AvgIpc) is 1.14. The van der Waals surface area contributed by atoms with E-state index in [1.54, 1.807) is 0 Å². The van der Waals surface area contributed by atoms with Crippen LogP contribution in [0.4, 0.5) is 0 Å². The second-order valence-electron chi connectivity index (χ2n) is 0.992. The van der Waals surface area contributed by atoms with Gasteiger partial charge in [0.2, 0.25) is 0 Å². The van der Waals surface area contributed by atoms with E-state index in [4.69, 9.17) is 0 Å². The minimum absolute atomic E-state index is 0. The van der Waals surface area contributed by atoms with Crippen molar-refractivity contribution in [2.24, 2.45) is 0 Å². The standard InChI is InChI=1S/Ag.H3NO6S2/c;2-8(3,4)1-9(5,6)7/h;1H,(H,2,3,4)(H,5,6,7)/p-2. The molecule has 0 aliphatic heterocycles. The summed E-state index contributed by atoms with van der Waals surface area (Å²) < 4.78 is 56.7. The van der Waals surface area contributed by atoms with Crippen molar-refractivity contribution in [2.45, 2.75) is 0 Å². The van der Waals surface area contributed by atoms with Crippen LogP contribution in [0.5, 0.6) is 0 Å². The van der Waals surface area contributed by atoms with Crippen LogP contribution in [0.1, 0.15) is 0 Å². The fraction of sp³-hybridized carbons (Fsp3) is 0. The molecule has 10 heavy (non-hydrogen) atoms. The Hall–Kier alpha value is 0.520. The molecule has 10 heteroatoms. The summed E-state index contributed by atoms with van der Waals surface area (Å²) >= 11 is 0. The van der Waals surface area contributed by atoms with Crippen molar-refractivity contribution < 1.29 is 48.3 Å². The van der Waals surface area contributed by atoms with Crippen LogP contribution in [0.25, 0.3) is 0 Å². The molecule has 0 aliphatic carbocycles. The molecule has 0 unspecified atom stereocenters. The Morgan fingerprint density at radius 2 is 1.10 bits per heavy atom. The van der Waals surface area contributed by atoms with Crippen molar-refractivity contribution in [3.63, 3.8) is 0 Å². The number of hydrogen-bond donors (Lipinski definition) is 1. The zero-order chi connectivity index (χ0) is 7.71. The predicted octanol–water partition coefficient (Wildman–Crippen LogP) is -2.51. The van der Waals surface area contributed by atoms with Crippen LogP contribution in [-0.4, -0.2) is 25.9 Å². The summed E-state index contributed by atoms with van der Waals surface area (Å²) in [4.78, 5) is 0. The molecular weight excluding hydrogens is 282 g/mol. The quantitative estimate of drug-likeness (QED) is 0.440. The van der Waals surface area contributed by atoms with Crippen LogP contribution in [-0.2, 0) is 43.0 Å². The summed E-state index contributed by atoms with van der Waals surface area (Å²) in [6.45, 7) is 0. The Morgan fingerprint density at radius 3 is 1.10 bits per heavy atom. The van der Waals surface area contributed by atoms with Crippen LogP contribution >= 0.6 is 0 Å². The summed E-state index contributed by atoms with van der Waals surface area (Å²) in [6, 6.07) is 0. The van der Waals surface area contributed by atoms with Gasteiger partial charge in [-0.2, -0.15) is 0 Å². The Kier molecular flexibility index (Phi) is 4.97. The monoisotopic (exact) mass is 282 g/mol. The van der Waals surface area contributed by atoms with Gasteiger partial charge in [-0.25, -0.2) is 16.8 Å². The van der Waals surface area contributed by atoms with Gasteiger partial charge in [-0.15, -0.1) is 4.13 Å². The molecule has 0 amide bonds. The molecule has 0 aromatic carbocycles. The molecule has 67 valence electrons. The first-order valence-corrected chi connectivity index (χ1v) is 4.22. The fourth-order valence-corrected chi connectivity index (χ4v) is 1.12. The van der Waals surface area contributed by atoms with Crippen molar-refractivity contribution in [1.29, 1.82) is 0 Å². The van der Waals surface area contributed by atoms with Crippen molar-refractivity contribution >= 4 is 20.6 Å². The molecule has 0 atom stereocenters. The summed E-state index contributed by atoms with van der Waals surface area (Å²) in [5.41, 5.74) is 0. The smallest absolute Gasteiger partial charge is 0.171 e. The minimum atomic E-state index is -5.18. The molecule has 1 N–H and O–H groups in total. The summed E-state index contributed by atoms with van der Waals surface area (Å²) in [5.74, 6) is 0. The Labute approximate surface area is 73.1 Å². The fourth-order valence-electron chi connectivity index (χ4n) is 0.125. The van der Waals surface area contributed by atoms with E-state index in [9.17, 15) is 25.9 Å². The minimum Gasteiger partial charge on any atom is -0.735 e. The zero-order valence-corrected chi connectivity index (χ0v) is 7.18. The first-order chi connectivity index (χ1) is 3.71.